The van der Waals surface area contributed by atoms with Crippen LogP contribution in [0.3, 0.4) is 0 Å². The minimum absolute atomic E-state index is 0.104. The van der Waals surface area contributed by atoms with Crippen LogP contribution in [0.1, 0.15) is 24.2 Å². The fourth-order valence-electron chi connectivity index (χ4n) is 2.48. The third kappa shape index (κ3) is 5.37. The molecule has 2 aromatic carbocycles. The minimum Gasteiger partial charge on any atom is -0.494 e. The van der Waals surface area contributed by atoms with Crippen LogP contribution in [0.15, 0.2) is 36.4 Å². The number of nitro groups is 1. The highest BCUT2D eigenvalue weighted by Gasteiger charge is 2.22. The van der Waals surface area contributed by atoms with Gasteiger partial charge in [-0.05, 0) is 38.1 Å². The first-order chi connectivity index (χ1) is 14.3. The number of carbonyl (C=O) groups is 2. The summed E-state index contributed by atoms with van der Waals surface area (Å²) in [7, 11) is 2.76. The molecule has 0 unspecified atom stereocenters. The van der Waals surface area contributed by atoms with E-state index in [0.717, 1.165) is 0 Å². The SMILES string of the molecule is CCOc1ccc(C(=O)O[C@@H](C)C(=O)Nc2ccc([N+](=O)[O-])cc2OC)cc1OC. The largest absolute Gasteiger partial charge is 0.494 e. The smallest absolute Gasteiger partial charge is 0.339 e. The van der Waals surface area contributed by atoms with E-state index in [4.69, 9.17) is 18.9 Å². The lowest BCUT2D eigenvalue weighted by molar-refractivity contribution is -0.384. The number of amides is 1. The highest BCUT2D eigenvalue weighted by atomic mass is 16.6. The maximum Gasteiger partial charge on any atom is 0.339 e. The van der Waals surface area contributed by atoms with Crippen LogP contribution >= 0.6 is 0 Å². The van der Waals surface area contributed by atoms with Gasteiger partial charge in [-0.15, -0.1) is 0 Å². The zero-order valence-corrected chi connectivity index (χ0v) is 17.0. The van der Waals surface area contributed by atoms with Crippen molar-refractivity contribution in [1.82, 2.24) is 0 Å². The second-order valence-corrected chi connectivity index (χ2v) is 5.98. The Labute approximate surface area is 172 Å². The Bertz CT molecular complexity index is 944. The van der Waals surface area contributed by atoms with E-state index in [1.165, 1.54) is 51.5 Å². The summed E-state index contributed by atoms with van der Waals surface area (Å²) in [5, 5.41) is 13.4. The Hall–Kier alpha value is -3.82. The minimum atomic E-state index is -1.14. The van der Waals surface area contributed by atoms with Crippen LogP contribution in [0.2, 0.25) is 0 Å². The van der Waals surface area contributed by atoms with E-state index in [2.05, 4.69) is 5.32 Å². The van der Waals surface area contributed by atoms with Crippen molar-refractivity contribution in [2.24, 2.45) is 0 Å². The Kier molecular flexibility index (Phi) is 7.56. The Balaban J connectivity index is 2.09. The van der Waals surface area contributed by atoms with Crippen LogP contribution in [0, 0.1) is 10.1 Å². The van der Waals surface area contributed by atoms with Crippen LogP contribution in [0.4, 0.5) is 11.4 Å². The normalized spacial score (nSPS) is 11.2. The van der Waals surface area contributed by atoms with Crippen molar-refractivity contribution in [3.8, 4) is 17.2 Å². The highest BCUT2D eigenvalue weighted by Crippen LogP contribution is 2.30. The van der Waals surface area contributed by atoms with Gasteiger partial charge in [-0.3, -0.25) is 14.9 Å². The van der Waals surface area contributed by atoms with Crippen LogP contribution < -0.4 is 19.5 Å². The number of nitrogens with zero attached hydrogens (tertiary/aromatic N) is 1. The summed E-state index contributed by atoms with van der Waals surface area (Å²) >= 11 is 0. The lowest BCUT2D eigenvalue weighted by Crippen LogP contribution is -2.30. The molecule has 0 fully saturated rings. The average molecular weight is 418 g/mol. The zero-order chi connectivity index (χ0) is 22.3. The summed E-state index contributed by atoms with van der Waals surface area (Å²) in [6, 6.07) is 8.27. The van der Waals surface area contributed by atoms with Crippen LogP contribution in [0.25, 0.3) is 0 Å². The first kappa shape index (κ1) is 22.5. The van der Waals surface area contributed by atoms with Gasteiger partial charge < -0.3 is 24.3 Å². The number of nitrogens with one attached hydrogen (secondary N) is 1. The summed E-state index contributed by atoms with van der Waals surface area (Å²) < 4.78 is 20.9. The molecular weight excluding hydrogens is 396 g/mol. The Morgan fingerprint density at radius 1 is 1.07 bits per heavy atom. The molecule has 0 aliphatic heterocycles. The molecule has 0 bridgehead atoms. The van der Waals surface area contributed by atoms with Crippen molar-refractivity contribution in [3.05, 3.63) is 52.1 Å². The number of rotatable bonds is 9. The number of hydrogen-bond donors (Lipinski definition) is 1. The number of hydrogen-bond acceptors (Lipinski definition) is 8. The molecule has 10 nitrogen and oxygen atoms in total. The number of esters is 1. The van der Waals surface area contributed by atoms with Gasteiger partial charge in [-0.2, -0.15) is 0 Å². The topological polar surface area (TPSA) is 126 Å². The van der Waals surface area contributed by atoms with Crippen molar-refractivity contribution in [2.45, 2.75) is 20.0 Å². The molecule has 1 atom stereocenters. The lowest BCUT2D eigenvalue weighted by Gasteiger charge is -2.16. The fourth-order valence-corrected chi connectivity index (χ4v) is 2.48. The Morgan fingerprint density at radius 3 is 2.37 bits per heavy atom. The molecule has 10 heteroatoms. The quantitative estimate of drug-likeness (QED) is 0.374. The highest BCUT2D eigenvalue weighted by molar-refractivity contribution is 5.98. The van der Waals surface area contributed by atoms with Crippen molar-refractivity contribution >= 4 is 23.3 Å². The van der Waals surface area contributed by atoms with Crippen molar-refractivity contribution in [2.75, 3.05) is 26.1 Å². The summed E-state index contributed by atoms with van der Waals surface area (Å²) in [5.41, 5.74) is 0.204. The summed E-state index contributed by atoms with van der Waals surface area (Å²) in [5.74, 6) is -0.415. The predicted octanol–water partition coefficient (Wildman–Crippen LogP) is 3.19. The number of methoxy groups -OCH3 is 2. The zero-order valence-electron chi connectivity index (χ0n) is 17.0. The maximum absolute atomic E-state index is 12.4. The molecule has 0 aliphatic carbocycles. The fraction of sp³-hybridized carbons (Fsp3) is 0.300. The van der Waals surface area contributed by atoms with E-state index in [1.807, 2.05) is 6.92 Å². The molecule has 0 heterocycles. The van der Waals surface area contributed by atoms with E-state index in [-0.39, 0.29) is 22.7 Å². The van der Waals surface area contributed by atoms with Crippen molar-refractivity contribution in [1.29, 1.82) is 0 Å². The molecule has 2 rings (SSSR count). The molecule has 30 heavy (non-hydrogen) atoms. The summed E-state index contributed by atoms with van der Waals surface area (Å²) in [6.45, 7) is 3.65. The van der Waals surface area contributed by atoms with Crippen LogP contribution in [-0.2, 0) is 9.53 Å². The molecule has 1 N–H and O–H groups in total. The van der Waals surface area contributed by atoms with Gasteiger partial charge in [0.1, 0.15) is 5.75 Å². The monoisotopic (exact) mass is 418 g/mol. The van der Waals surface area contributed by atoms with Gasteiger partial charge in [0, 0.05) is 6.07 Å². The summed E-state index contributed by atoms with van der Waals surface area (Å²) in [4.78, 5) is 35.1. The molecule has 0 aromatic heterocycles. The van der Waals surface area contributed by atoms with Gasteiger partial charge >= 0.3 is 5.97 Å². The molecule has 0 saturated carbocycles. The molecule has 0 saturated heterocycles. The van der Waals surface area contributed by atoms with Crippen molar-refractivity contribution in [3.63, 3.8) is 0 Å². The second-order valence-electron chi connectivity index (χ2n) is 5.98. The number of carbonyl (C=O) groups excluding carboxylic acids is 2. The summed E-state index contributed by atoms with van der Waals surface area (Å²) in [6.07, 6.45) is -1.14. The molecule has 1 amide bonds. The predicted molar refractivity (Wildman–Crippen MR) is 107 cm³/mol. The van der Waals surface area contributed by atoms with Gasteiger partial charge in [0.05, 0.1) is 43.1 Å². The van der Waals surface area contributed by atoms with Crippen molar-refractivity contribution < 1.29 is 33.5 Å². The lowest BCUT2D eigenvalue weighted by atomic mass is 10.2. The van der Waals surface area contributed by atoms with Crippen LogP contribution in [-0.4, -0.2) is 43.7 Å². The van der Waals surface area contributed by atoms with E-state index >= 15 is 0 Å². The van der Waals surface area contributed by atoms with Gasteiger partial charge in [-0.25, -0.2) is 4.79 Å². The Morgan fingerprint density at radius 2 is 1.77 bits per heavy atom. The number of anilines is 1. The molecule has 0 spiro atoms. The molecule has 0 aliphatic rings. The third-order valence-corrected chi connectivity index (χ3v) is 4.01. The van der Waals surface area contributed by atoms with Gasteiger partial charge in [0.15, 0.2) is 17.6 Å². The second kappa shape index (κ2) is 10.1. The van der Waals surface area contributed by atoms with E-state index in [0.29, 0.717) is 18.1 Å². The average Bonchev–Trinajstić information content (AvgIpc) is 2.74. The van der Waals surface area contributed by atoms with Gasteiger partial charge in [0.25, 0.3) is 11.6 Å². The van der Waals surface area contributed by atoms with E-state index < -0.39 is 22.9 Å². The molecular formula is C20H22N2O8. The first-order valence-corrected chi connectivity index (χ1v) is 8.95. The standard InChI is InChI=1S/C20H22N2O8/c1-5-29-16-9-6-13(10-18(16)28-4)20(24)30-12(2)19(23)21-15-8-7-14(22(25)26)11-17(15)27-3/h6-12H,5H2,1-4H3,(H,21,23)/t12-/m0/s1. The molecule has 160 valence electrons. The molecule has 2 aromatic rings. The van der Waals surface area contributed by atoms with E-state index in [1.54, 1.807) is 6.07 Å². The third-order valence-electron chi connectivity index (χ3n) is 4.01. The first-order valence-electron chi connectivity index (χ1n) is 8.95. The van der Waals surface area contributed by atoms with Crippen LogP contribution in [0.5, 0.6) is 17.2 Å². The number of ether oxygens (including phenoxy) is 4. The number of non-ortho nitro benzene ring substituents is 1. The van der Waals surface area contributed by atoms with Gasteiger partial charge in [-0.1, -0.05) is 0 Å². The van der Waals surface area contributed by atoms with Gasteiger partial charge in [0.2, 0.25) is 0 Å². The molecule has 0 radical (unpaired) electrons. The maximum atomic E-state index is 12.4. The van der Waals surface area contributed by atoms with E-state index in [9.17, 15) is 19.7 Å². The number of benzene rings is 2. The number of nitro benzene ring substituents is 1.